The van der Waals surface area contributed by atoms with Gasteiger partial charge in [0, 0.05) is 19.6 Å². The van der Waals surface area contributed by atoms with Gasteiger partial charge < -0.3 is 10.2 Å². The van der Waals surface area contributed by atoms with Gasteiger partial charge in [-0.15, -0.1) is 0 Å². The maximum Gasteiger partial charge on any atom is 0.227 e. The second-order valence-corrected chi connectivity index (χ2v) is 4.75. The van der Waals surface area contributed by atoms with E-state index in [0.717, 1.165) is 25.1 Å². The van der Waals surface area contributed by atoms with E-state index < -0.39 is 0 Å². The van der Waals surface area contributed by atoms with Gasteiger partial charge in [-0.1, -0.05) is 24.3 Å². The fourth-order valence-electron chi connectivity index (χ4n) is 2.27. The Bertz CT molecular complexity index is 397. The summed E-state index contributed by atoms with van der Waals surface area (Å²) >= 11 is 0. The number of hydrogen-bond acceptors (Lipinski definition) is 2. The average Bonchev–Trinajstić information content (AvgIpc) is 2.84. The number of nitrogens with zero attached hydrogens (tertiary/aromatic N) is 1. The fraction of sp³-hybridized carbons (Fsp3) is 0.500. The Balaban J connectivity index is 1.99. The molecule has 92 valence electrons. The molecule has 1 aliphatic heterocycles. The molecule has 0 saturated carbocycles. The topological polar surface area (TPSA) is 32.3 Å². The lowest BCUT2D eigenvalue weighted by molar-refractivity contribution is -0.130. The number of benzene rings is 1. The smallest absolute Gasteiger partial charge is 0.227 e. The van der Waals surface area contributed by atoms with Gasteiger partial charge in [0.25, 0.3) is 0 Å². The molecule has 0 radical (unpaired) electrons. The van der Waals surface area contributed by atoms with E-state index in [1.54, 1.807) is 0 Å². The third-order valence-electron chi connectivity index (χ3n) is 3.58. The number of nitrogens with one attached hydrogen (secondary N) is 1. The molecular formula is C14H20N2O. The Kier molecular flexibility index (Phi) is 3.79. The van der Waals surface area contributed by atoms with Crippen molar-refractivity contribution in [1.82, 2.24) is 10.2 Å². The van der Waals surface area contributed by atoms with Gasteiger partial charge in [-0.2, -0.15) is 0 Å². The van der Waals surface area contributed by atoms with E-state index >= 15 is 0 Å². The van der Waals surface area contributed by atoms with Crippen molar-refractivity contribution in [2.45, 2.75) is 25.8 Å². The number of aryl methyl sites for hydroxylation is 1. The molecule has 1 N–H and O–H groups in total. The molecule has 3 nitrogen and oxygen atoms in total. The van der Waals surface area contributed by atoms with Crippen LogP contribution >= 0.6 is 0 Å². The third kappa shape index (κ3) is 2.86. The molecule has 1 heterocycles. The Labute approximate surface area is 103 Å². The van der Waals surface area contributed by atoms with Crippen LogP contribution in [0.3, 0.4) is 0 Å². The van der Waals surface area contributed by atoms with Gasteiger partial charge in [0.05, 0.1) is 6.42 Å². The van der Waals surface area contributed by atoms with E-state index in [0.29, 0.717) is 12.5 Å². The molecule has 1 aromatic carbocycles. The Morgan fingerprint density at radius 1 is 1.47 bits per heavy atom. The van der Waals surface area contributed by atoms with E-state index in [2.05, 4.69) is 18.3 Å². The van der Waals surface area contributed by atoms with E-state index in [1.807, 2.05) is 30.1 Å². The summed E-state index contributed by atoms with van der Waals surface area (Å²) in [6.45, 7) is 4.00. The minimum Gasteiger partial charge on any atom is -0.341 e. The van der Waals surface area contributed by atoms with Crippen molar-refractivity contribution in [3.63, 3.8) is 0 Å². The van der Waals surface area contributed by atoms with Crippen molar-refractivity contribution >= 4 is 5.91 Å². The maximum absolute atomic E-state index is 12.1. The summed E-state index contributed by atoms with van der Waals surface area (Å²) < 4.78 is 0. The van der Waals surface area contributed by atoms with Crippen molar-refractivity contribution in [2.75, 3.05) is 20.1 Å². The standard InChI is InChI=1S/C14H20N2O/c1-11-5-3-4-6-12(11)9-14(17)16(2)13-7-8-15-10-13/h3-6,13,15H,7-10H2,1-2H3/t13-/m0/s1. The molecule has 0 spiro atoms. The van der Waals surface area contributed by atoms with Gasteiger partial charge in [-0.3, -0.25) is 4.79 Å². The average molecular weight is 232 g/mol. The van der Waals surface area contributed by atoms with Crippen LogP contribution in [0.25, 0.3) is 0 Å². The van der Waals surface area contributed by atoms with Crippen molar-refractivity contribution in [3.05, 3.63) is 35.4 Å². The van der Waals surface area contributed by atoms with Gasteiger partial charge >= 0.3 is 0 Å². The zero-order valence-electron chi connectivity index (χ0n) is 10.6. The molecule has 1 fully saturated rings. The monoisotopic (exact) mass is 232 g/mol. The number of amides is 1. The lowest BCUT2D eigenvalue weighted by atomic mass is 10.0. The first kappa shape index (κ1) is 12.1. The van der Waals surface area contributed by atoms with E-state index in [1.165, 1.54) is 5.56 Å². The third-order valence-corrected chi connectivity index (χ3v) is 3.58. The lowest BCUT2D eigenvalue weighted by Gasteiger charge is -2.24. The van der Waals surface area contributed by atoms with Crippen LogP contribution in [0.2, 0.25) is 0 Å². The Morgan fingerprint density at radius 2 is 2.24 bits per heavy atom. The van der Waals surface area contributed by atoms with Crippen molar-refractivity contribution in [3.8, 4) is 0 Å². The summed E-state index contributed by atoms with van der Waals surface area (Å²) in [4.78, 5) is 14.0. The zero-order valence-corrected chi connectivity index (χ0v) is 10.6. The second kappa shape index (κ2) is 5.32. The summed E-state index contributed by atoms with van der Waals surface area (Å²) in [5, 5.41) is 3.29. The van der Waals surface area contributed by atoms with Crippen LogP contribution < -0.4 is 5.32 Å². The van der Waals surface area contributed by atoms with Gasteiger partial charge in [-0.25, -0.2) is 0 Å². The Hall–Kier alpha value is -1.35. The van der Waals surface area contributed by atoms with E-state index in [9.17, 15) is 4.79 Å². The highest BCUT2D eigenvalue weighted by Gasteiger charge is 2.23. The van der Waals surface area contributed by atoms with Crippen LogP contribution in [-0.4, -0.2) is 37.0 Å². The van der Waals surface area contributed by atoms with Gasteiger partial charge in [-0.05, 0) is 31.0 Å². The predicted octanol–water partition coefficient (Wildman–Crippen LogP) is 1.36. The first-order valence-electron chi connectivity index (χ1n) is 6.19. The molecule has 0 unspecified atom stereocenters. The Morgan fingerprint density at radius 3 is 2.88 bits per heavy atom. The van der Waals surface area contributed by atoms with E-state index in [-0.39, 0.29) is 5.91 Å². The van der Waals surface area contributed by atoms with Gasteiger partial charge in [0.15, 0.2) is 0 Å². The number of hydrogen-bond donors (Lipinski definition) is 1. The molecular weight excluding hydrogens is 212 g/mol. The molecule has 1 saturated heterocycles. The molecule has 0 aromatic heterocycles. The molecule has 3 heteroatoms. The predicted molar refractivity (Wildman–Crippen MR) is 68.9 cm³/mol. The summed E-state index contributed by atoms with van der Waals surface area (Å²) in [6, 6.07) is 8.46. The summed E-state index contributed by atoms with van der Waals surface area (Å²) in [7, 11) is 1.91. The zero-order chi connectivity index (χ0) is 12.3. The fourth-order valence-corrected chi connectivity index (χ4v) is 2.27. The summed E-state index contributed by atoms with van der Waals surface area (Å²) in [5.74, 6) is 0.216. The van der Waals surface area contributed by atoms with Crippen molar-refractivity contribution in [1.29, 1.82) is 0 Å². The molecule has 2 rings (SSSR count). The minimum absolute atomic E-state index is 0.216. The van der Waals surface area contributed by atoms with Crippen LogP contribution in [-0.2, 0) is 11.2 Å². The molecule has 1 aliphatic rings. The minimum atomic E-state index is 0.216. The summed E-state index contributed by atoms with van der Waals surface area (Å²) in [5.41, 5.74) is 2.33. The SMILES string of the molecule is Cc1ccccc1CC(=O)N(C)[C@H]1CCNC1. The normalized spacial score (nSPS) is 19.3. The number of rotatable bonds is 3. The molecule has 0 bridgehead atoms. The van der Waals surface area contributed by atoms with Crippen LogP contribution in [0.1, 0.15) is 17.5 Å². The first-order chi connectivity index (χ1) is 8.18. The van der Waals surface area contributed by atoms with Crippen molar-refractivity contribution < 1.29 is 4.79 Å². The van der Waals surface area contributed by atoms with Crippen LogP contribution in [0.5, 0.6) is 0 Å². The number of carbonyl (C=O) groups excluding carboxylic acids is 1. The van der Waals surface area contributed by atoms with Crippen LogP contribution in [0, 0.1) is 6.92 Å². The van der Waals surface area contributed by atoms with Gasteiger partial charge in [0.1, 0.15) is 0 Å². The molecule has 1 aromatic rings. The van der Waals surface area contributed by atoms with Crippen LogP contribution in [0.4, 0.5) is 0 Å². The van der Waals surface area contributed by atoms with E-state index in [4.69, 9.17) is 0 Å². The van der Waals surface area contributed by atoms with Gasteiger partial charge in [0.2, 0.25) is 5.91 Å². The largest absolute Gasteiger partial charge is 0.341 e. The highest BCUT2D eigenvalue weighted by molar-refractivity contribution is 5.79. The maximum atomic E-state index is 12.1. The molecule has 1 atom stereocenters. The highest BCUT2D eigenvalue weighted by Crippen LogP contribution is 2.12. The van der Waals surface area contributed by atoms with Crippen molar-refractivity contribution in [2.24, 2.45) is 0 Å². The first-order valence-corrected chi connectivity index (χ1v) is 6.19. The molecule has 0 aliphatic carbocycles. The quantitative estimate of drug-likeness (QED) is 0.853. The summed E-state index contributed by atoms with van der Waals surface area (Å²) in [6.07, 6.45) is 1.58. The number of carbonyl (C=O) groups is 1. The van der Waals surface area contributed by atoms with Crippen LogP contribution in [0.15, 0.2) is 24.3 Å². The molecule has 1 amide bonds. The highest BCUT2D eigenvalue weighted by atomic mass is 16.2. The number of likely N-dealkylation sites (N-methyl/N-ethyl adjacent to an activating group) is 1. The second-order valence-electron chi connectivity index (χ2n) is 4.75. The molecule has 17 heavy (non-hydrogen) atoms. The lowest BCUT2D eigenvalue weighted by Crippen LogP contribution is -2.39.